The number of nitrogens with one attached hydrogen (secondary N) is 1. The van der Waals surface area contributed by atoms with Gasteiger partial charge in [0.2, 0.25) is 0 Å². The number of benzene rings is 2. The Morgan fingerprint density at radius 3 is 2.35 bits per heavy atom. The molecule has 0 aliphatic carbocycles. The standard InChI is InChI=1S/C16H16ClFN2O2S/c17-12-4-7-16(13-8-10-14(18)11-9-13)19-20-23(21,22)15-5-2-1-3-6-15/h1-3,5-6,8-11,20H,4,7,12H2. The number of hydrazone groups is 1. The molecule has 0 bridgehead atoms. The molecule has 4 nitrogen and oxygen atoms in total. The maximum absolute atomic E-state index is 13.0. The van der Waals surface area contributed by atoms with E-state index < -0.39 is 10.0 Å². The molecule has 2 rings (SSSR count). The summed E-state index contributed by atoms with van der Waals surface area (Å²) >= 11 is 5.69. The van der Waals surface area contributed by atoms with E-state index in [0.717, 1.165) is 0 Å². The molecular weight excluding hydrogens is 339 g/mol. The maximum Gasteiger partial charge on any atom is 0.276 e. The molecule has 0 spiro atoms. The maximum atomic E-state index is 13.0. The van der Waals surface area contributed by atoms with Crippen LogP contribution in [0.4, 0.5) is 4.39 Å². The quantitative estimate of drug-likeness (QED) is 0.470. The van der Waals surface area contributed by atoms with Crippen LogP contribution in [0.1, 0.15) is 18.4 Å². The van der Waals surface area contributed by atoms with E-state index in [1.54, 1.807) is 30.3 Å². The van der Waals surface area contributed by atoms with Crippen LogP contribution in [0, 0.1) is 5.82 Å². The molecule has 7 heteroatoms. The predicted octanol–water partition coefficient (Wildman–Crippen LogP) is 3.53. The highest BCUT2D eigenvalue weighted by Crippen LogP contribution is 2.11. The van der Waals surface area contributed by atoms with E-state index in [1.807, 2.05) is 0 Å². The van der Waals surface area contributed by atoms with Crippen LogP contribution in [-0.2, 0) is 10.0 Å². The summed E-state index contributed by atoms with van der Waals surface area (Å²) in [4.78, 5) is 2.35. The first-order valence-electron chi connectivity index (χ1n) is 6.98. The molecule has 0 aliphatic rings. The molecule has 2 aromatic rings. The van der Waals surface area contributed by atoms with Crippen molar-refractivity contribution in [1.29, 1.82) is 0 Å². The zero-order chi connectivity index (χ0) is 16.7. The fraction of sp³-hybridized carbons (Fsp3) is 0.188. The van der Waals surface area contributed by atoms with Gasteiger partial charge in [0.05, 0.1) is 10.6 Å². The summed E-state index contributed by atoms with van der Waals surface area (Å²) in [7, 11) is -3.74. The highest BCUT2D eigenvalue weighted by Gasteiger charge is 2.13. The van der Waals surface area contributed by atoms with Gasteiger partial charge in [-0.25, -0.2) is 4.39 Å². The van der Waals surface area contributed by atoms with E-state index in [0.29, 0.717) is 30.0 Å². The van der Waals surface area contributed by atoms with Crippen molar-refractivity contribution in [3.63, 3.8) is 0 Å². The van der Waals surface area contributed by atoms with E-state index in [2.05, 4.69) is 9.93 Å². The van der Waals surface area contributed by atoms with Crippen molar-refractivity contribution >= 4 is 27.3 Å². The fourth-order valence-electron chi connectivity index (χ4n) is 1.91. The molecule has 0 fully saturated rings. The van der Waals surface area contributed by atoms with Crippen LogP contribution in [-0.4, -0.2) is 20.0 Å². The van der Waals surface area contributed by atoms with Crippen LogP contribution in [0.15, 0.2) is 64.6 Å². The van der Waals surface area contributed by atoms with E-state index in [1.165, 1.54) is 24.3 Å². The smallest absolute Gasteiger partial charge is 0.207 e. The zero-order valence-electron chi connectivity index (χ0n) is 12.2. The van der Waals surface area contributed by atoms with E-state index >= 15 is 0 Å². The zero-order valence-corrected chi connectivity index (χ0v) is 13.8. The summed E-state index contributed by atoms with van der Waals surface area (Å²) in [5.74, 6) is 0.0568. The summed E-state index contributed by atoms with van der Waals surface area (Å²) in [6, 6.07) is 13.7. The SMILES string of the molecule is O=S(=O)(NN=C(CCCCl)c1ccc(F)cc1)c1ccccc1. The Bertz CT molecular complexity index is 762. The number of nitrogens with zero attached hydrogens (tertiary/aromatic N) is 1. The van der Waals surface area contributed by atoms with Gasteiger partial charge in [0.1, 0.15) is 5.82 Å². The van der Waals surface area contributed by atoms with Crippen LogP contribution in [0.5, 0.6) is 0 Å². The summed E-state index contributed by atoms with van der Waals surface area (Å²) in [5, 5.41) is 4.01. The molecule has 2 aromatic carbocycles. The molecule has 1 N–H and O–H groups in total. The first-order chi connectivity index (χ1) is 11.0. The van der Waals surface area contributed by atoms with E-state index in [-0.39, 0.29) is 10.7 Å². The molecule has 0 aromatic heterocycles. The van der Waals surface area contributed by atoms with E-state index in [9.17, 15) is 12.8 Å². The summed E-state index contributed by atoms with van der Waals surface area (Å²) < 4.78 is 37.4. The Morgan fingerprint density at radius 2 is 1.74 bits per heavy atom. The van der Waals surface area contributed by atoms with Crippen molar-refractivity contribution in [2.75, 3.05) is 5.88 Å². The summed E-state index contributed by atoms with van der Waals surface area (Å²) in [5.41, 5.74) is 1.15. The van der Waals surface area contributed by atoms with Gasteiger partial charge in [0.15, 0.2) is 0 Å². The number of hydrogen-bond acceptors (Lipinski definition) is 3. The second-order valence-corrected chi connectivity index (χ2v) is 6.80. The molecule has 0 saturated carbocycles. The van der Waals surface area contributed by atoms with Crippen LogP contribution in [0.25, 0.3) is 0 Å². The fourth-order valence-corrected chi connectivity index (χ4v) is 2.89. The van der Waals surface area contributed by atoms with Gasteiger partial charge < -0.3 is 0 Å². The topological polar surface area (TPSA) is 58.5 Å². The van der Waals surface area contributed by atoms with Crippen molar-refractivity contribution in [3.05, 3.63) is 66.0 Å². The Morgan fingerprint density at radius 1 is 1.09 bits per heavy atom. The largest absolute Gasteiger partial charge is 0.276 e. The number of alkyl halides is 1. The minimum Gasteiger partial charge on any atom is -0.207 e. The highest BCUT2D eigenvalue weighted by atomic mass is 35.5. The Hall–Kier alpha value is -1.92. The van der Waals surface area contributed by atoms with Crippen LogP contribution in [0.2, 0.25) is 0 Å². The van der Waals surface area contributed by atoms with Gasteiger partial charge in [-0.15, -0.1) is 11.6 Å². The minimum absolute atomic E-state index is 0.125. The number of hydrogen-bond donors (Lipinski definition) is 1. The first kappa shape index (κ1) is 17.4. The van der Waals surface area contributed by atoms with E-state index in [4.69, 9.17) is 11.6 Å². The average molecular weight is 355 g/mol. The monoisotopic (exact) mass is 354 g/mol. The predicted molar refractivity (Wildman–Crippen MR) is 89.7 cm³/mol. The molecule has 0 radical (unpaired) electrons. The van der Waals surface area contributed by atoms with Crippen molar-refractivity contribution < 1.29 is 12.8 Å². The van der Waals surface area contributed by atoms with Gasteiger partial charge in [-0.05, 0) is 42.7 Å². The van der Waals surface area contributed by atoms with Gasteiger partial charge in [-0.2, -0.15) is 18.4 Å². The molecular formula is C16H16ClFN2O2S. The van der Waals surface area contributed by atoms with Gasteiger partial charge >= 0.3 is 0 Å². The van der Waals surface area contributed by atoms with Gasteiger partial charge in [0, 0.05) is 5.88 Å². The van der Waals surface area contributed by atoms with Gasteiger partial charge in [-0.1, -0.05) is 30.3 Å². The number of halogens is 2. The van der Waals surface area contributed by atoms with Crippen LogP contribution < -0.4 is 4.83 Å². The lowest BCUT2D eigenvalue weighted by molar-refractivity contribution is 0.584. The molecule has 0 atom stereocenters. The average Bonchev–Trinajstić information content (AvgIpc) is 2.57. The number of sulfonamides is 1. The molecule has 0 aliphatic heterocycles. The third kappa shape index (κ3) is 5.04. The molecule has 23 heavy (non-hydrogen) atoms. The third-order valence-corrected chi connectivity index (χ3v) is 4.57. The minimum atomic E-state index is -3.74. The summed E-state index contributed by atoms with van der Waals surface area (Å²) in [6.45, 7) is 0. The summed E-state index contributed by atoms with van der Waals surface area (Å²) in [6.07, 6.45) is 1.11. The number of rotatable bonds is 7. The second kappa shape index (κ2) is 8.08. The highest BCUT2D eigenvalue weighted by molar-refractivity contribution is 7.89. The van der Waals surface area contributed by atoms with Gasteiger partial charge in [-0.3, -0.25) is 0 Å². The third-order valence-electron chi connectivity index (χ3n) is 3.08. The normalized spacial score (nSPS) is 12.2. The van der Waals surface area contributed by atoms with Crippen molar-refractivity contribution in [1.82, 2.24) is 4.83 Å². The Labute approximate surface area is 140 Å². The first-order valence-corrected chi connectivity index (χ1v) is 9.00. The molecule has 0 unspecified atom stereocenters. The van der Waals surface area contributed by atoms with Crippen LogP contribution in [0.3, 0.4) is 0 Å². The lowest BCUT2D eigenvalue weighted by Gasteiger charge is -2.08. The lowest BCUT2D eigenvalue weighted by atomic mass is 10.1. The Kier molecular flexibility index (Phi) is 6.12. The lowest BCUT2D eigenvalue weighted by Crippen LogP contribution is -2.20. The molecule has 0 amide bonds. The second-order valence-electron chi connectivity index (χ2n) is 4.77. The molecule has 0 heterocycles. The van der Waals surface area contributed by atoms with Crippen LogP contribution >= 0.6 is 11.6 Å². The van der Waals surface area contributed by atoms with Crippen molar-refractivity contribution in [2.24, 2.45) is 5.10 Å². The van der Waals surface area contributed by atoms with Crippen molar-refractivity contribution in [2.45, 2.75) is 17.7 Å². The Balaban J connectivity index is 2.25. The van der Waals surface area contributed by atoms with Crippen molar-refractivity contribution in [3.8, 4) is 0 Å². The molecule has 0 saturated heterocycles. The van der Waals surface area contributed by atoms with Gasteiger partial charge in [0.25, 0.3) is 10.0 Å². The molecule has 122 valence electrons.